The van der Waals surface area contributed by atoms with Gasteiger partial charge in [0.25, 0.3) is 0 Å². The van der Waals surface area contributed by atoms with Crippen LogP contribution in [-0.4, -0.2) is 39.9 Å². The molecule has 2 N–H and O–H groups in total. The maximum absolute atomic E-state index is 8.91. The Morgan fingerprint density at radius 3 is 2.68 bits per heavy atom. The molecule has 0 atom stereocenters. The molecule has 0 radical (unpaired) electrons. The lowest BCUT2D eigenvalue weighted by Gasteiger charge is -2.12. The lowest BCUT2D eigenvalue weighted by molar-refractivity contribution is 0.198. The summed E-state index contributed by atoms with van der Waals surface area (Å²) in [6.07, 6.45) is 7.46. The zero-order valence-corrected chi connectivity index (χ0v) is 19.0. The van der Waals surface area contributed by atoms with Crippen molar-refractivity contribution in [1.29, 1.82) is 0 Å². The molecule has 7 nitrogen and oxygen atoms in total. The number of hydrogen-bond acceptors (Lipinski definition) is 7. The highest BCUT2D eigenvalue weighted by molar-refractivity contribution is 5.91. The standard InChI is InChI=1S/C23H18N4O2.C4H8O/c1-16-12-18(7-9-22(16)29-19-5-2-10-24-14-19)27-23-20-13-17(4-3-11-28)6-8-21(20)25-15-26-23;1-2-4-5-3-1/h2,5-10,12-15,28H,11H2,1H3,(H,25,26,27);1-4H2. The number of nitrogens with one attached hydrogen (secondary N) is 1. The average Bonchev–Trinajstić information content (AvgIpc) is 3.46. The minimum Gasteiger partial charge on any atom is -0.455 e. The SMILES string of the molecule is C1CCOC1.Cc1cc(Nc2ncnc3ccc(C#CCO)cc23)ccc1Oc1cccnc1. The predicted molar refractivity (Wildman–Crippen MR) is 132 cm³/mol. The Labute approximate surface area is 198 Å². The van der Waals surface area contributed by atoms with Crippen molar-refractivity contribution in [3.05, 3.63) is 78.4 Å². The minimum absolute atomic E-state index is 0.179. The third kappa shape index (κ3) is 6.29. The van der Waals surface area contributed by atoms with E-state index >= 15 is 0 Å². The Morgan fingerprint density at radius 2 is 1.97 bits per heavy atom. The molecular formula is C27H26N4O3. The molecule has 0 amide bonds. The summed E-state index contributed by atoms with van der Waals surface area (Å²) in [5.41, 5.74) is 3.46. The predicted octanol–water partition coefficient (Wildman–Crippen LogP) is 5.01. The lowest BCUT2D eigenvalue weighted by atomic mass is 10.1. The number of ether oxygens (including phenoxy) is 2. The van der Waals surface area contributed by atoms with Gasteiger partial charge >= 0.3 is 0 Å². The second kappa shape index (κ2) is 11.8. The Balaban J connectivity index is 0.000000486. The van der Waals surface area contributed by atoms with Gasteiger partial charge in [-0.05, 0) is 73.9 Å². The fourth-order valence-corrected chi connectivity index (χ4v) is 3.40. The van der Waals surface area contributed by atoms with Crippen molar-refractivity contribution in [2.24, 2.45) is 0 Å². The Kier molecular flexibility index (Phi) is 8.01. The molecule has 0 bridgehead atoms. The summed E-state index contributed by atoms with van der Waals surface area (Å²) >= 11 is 0. The molecule has 0 unspecified atom stereocenters. The van der Waals surface area contributed by atoms with Crippen LogP contribution in [0, 0.1) is 18.8 Å². The van der Waals surface area contributed by atoms with Gasteiger partial charge < -0.3 is 19.9 Å². The van der Waals surface area contributed by atoms with Gasteiger partial charge in [-0.2, -0.15) is 0 Å². The quantitative estimate of drug-likeness (QED) is 0.419. The van der Waals surface area contributed by atoms with Crippen molar-refractivity contribution < 1.29 is 14.6 Å². The first-order valence-corrected chi connectivity index (χ1v) is 11.1. The van der Waals surface area contributed by atoms with Crippen molar-refractivity contribution >= 4 is 22.4 Å². The molecule has 0 saturated carbocycles. The van der Waals surface area contributed by atoms with E-state index in [4.69, 9.17) is 14.6 Å². The molecule has 4 aromatic rings. The molecule has 2 aromatic heterocycles. The number of aromatic nitrogens is 3. The molecule has 1 aliphatic rings. The molecule has 2 aromatic carbocycles. The van der Waals surface area contributed by atoms with Crippen LogP contribution in [0.5, 0.6) is 11.5 Å². The van der Waals surface area contributed by atoms with Crippen LogP contribution in [-0.2, 0) is 4.74 Å². The Morgan fingerprint density at radius 1 is 1.09 bits per heavy atom. The number of anilines is 2. The maximum atomic E-state index is 8.91. The summed E-state index contributed by atoms with van der Waals surface area (Å²) in [7, 11) is 0. The van der Waals surface area contributed by atoms with Crippen molar-refractivity contribution in [3.8, 4) is 23.3 Å². The summed E-state index contributed by atoms with van der Waals surface area (Å²) in [5.74, 6) is 7.70. The van der Waals surface area contributed by atoms with E-state index in [0.717, 1.165) is 46.7 Å². The smallest absolute Gasteiger partial charge is 0.145 e. The van der Waals surface area contributed by atoms with Crippen LogP contribution in [0.4, 0.5) is 11.5 Å². The van der Waals surface area contributed by atoms with Crippen molar-refractivity contribution in [1.82, 2.24) is 15.0 Å². The summed E-state index contributed by atoms with van der Waals surface area (Å²) in [5, 5.41) is 13.1. The molecule has 0 aliphatic carbocycles. The summed E-state index contributed by atoms with van der Waals surface area (Å²) < 4.78 is 10.8. The molecule has 172 valence electrons. The van der Waals surface area contributed by atoms with Crippen LogP contribution in [0.25, 0.3) is 10.9 Å². The molecule has 34 heavy (non-hydrogen) atoms. The van der Waals surface area contributed by atoms with E-state index in [1.807, 2.05) is 55.5 Å². The van der Waals surface area contributed by atoms with Crippen LogP contribution in [0.3, 0.4) is 0 Å². The van der Waals surface area contributed by atoms with Gasteiger partial charge in [0.15, 0.2) is 0 Å². The monoisotopic (exact) mass is 454 g/mol. The highest BCUT2D eigenvalue weighted by Crippen LogP contribution is 2.29. The van der Waals surface area contributed by atoms with Crippen LogP contribution >= 0.6 is 0 Å². The van der Waals surface area contributed by atoms with E-state index in [1.165, 1.54) is 19.2 Å². The van der Waals surface area contributed by atoms with Crippen LogP contribution < -0.4 is 10.1 Å². The van der Waals surface area contributed by atoms with Gasteiger partial charge in [-0.15, -0.1) is 0 Å². The second-order valence-electron chi connectivity index (χ2n) is 7.63. The molecule has 7 heteroatoms. The molecule has 3 heterocycles. The molecule has 1 aliphatic heterocycles. The number of aliphatic hydroxyl groups excluding tert-OH is 1. The van der Waals surface area contributed by atoms with E-state index in [1.54, 1.807) is 12.4 Å². The third-order valence-electron chi connectivity index (χ3n) is 5.07. The first-order valence-electron chi connectivity index (χ1n) is 11.1. The highest BCUT2D eigenvalue weighted by atomic mass is 16.5. The number of aliphatic hydroxyl groups is 1. The largest absolute Gasteiger partial charge is 0.455 e. The van der Waals surface area contributed by atoms with Crippen molar-refractivity contribution in [3.63, 3.8) is 0 Å². The molecule has 1 saturated heterocycles. The normalized spacial score (nSPS) is 12.3. The van der Waals surface area contributed by atoms with Gasteiger partial charge in [0, 0.05) is 36.0 Å². The van der Waals surface area contributed by atoms with Crippen LogP contribution in [0.1, 0.15) is 24.0 Å². The Hall–Kier alpha value is -3.99. The fraction of sp³-hybridized carbons (Fsp3) is 0.222. The van der Waals surface area contributed by atoms with Gasteiger partial charge in [0.2, 0.25) is 0 Å². The topological polar surface area (TPSA) is 89.4 Å². The number of pyridine rings is 1. The van der Waals surface area contributed by atoms with Gasteiger partial charge in [-0.25, -0.2) is 9.97 Å². The second-order valence-corrected chi connectivity index (χ2v) is 7.63. The first kappa shape index (κ1) is 23.2. The highest BCUT2D eigenvalue weighted by Gasteiger charge is 2.08. The Bertz CT molecular complexity index is 1290. The van der Waals surface area contributed by atoms with Crippen LogP contribution in [0.15, 0.2) is 67.3 Å². The zero-order valence-electron chi connectivity index (χ0n) is 19.0. The lowest BCUT2D eigenvalue weighted by Crippen LogP contribution is -1.97. The van der Waals surface area contributed by atoms with Gasteiger partial charge in [-0.3, -0.25) is 4.98 Å². The number of rotatable bonds is 4. The van der Waals surface area contributed by atoms with Gasteiger partial charge in [-0.1, -0.05) is 11.8 Å². The van der Waals surface area contributed by atoms with Crippen molar-refractivity contribution in [2.75, 3.05) is 25.1 Å². The maximum Gasteiger partial charge on any atom is 0.145 e. The minimum atomic E-state index is -0.179. The summed E-state index contributed by atoms with van der Waals surface area (Å²) in [4.78, 5) is 12.8. The number of aryl methyl sites for hydroxylation is 1. The van der Waals surface area contributed by atoms with Gasteiger partial charge in [0.05, 0.1) is 11.7 Å². The molecular weight excluding hydrogens is 428 g/mol. The van der Waals surface area contributed by atoms with E-state index in [-0.39, 0.29) is 6.61 Å². The van der Waals surface area contributed by atoms with E-state index in [2.05, 4.69) is 32.1 Å². The van der Waals surface area contributed by atoms with E-state index < -0.39 is 0 Å². The molecule has 0 spiro atoms. The van der Waals surface area contributed by atoms with E-state index in [0.29, 0.717) is 11.6 Å². The molecule has 5 rings (SSSR count). The van der Waals surface area contributed by atoms with Gasteiger partial charge in [0.1, 0.15) is 30.3 Å². The van der Waals surface area contributed by atoms with Crippen molar-refractivity contribution in [2.45, 2.75) is 19.8 Å². The van der Waals surface area contributed by atoms with Crippen LogP contribution in [0.2, 0.25) is 0 Å². The number of fused-ring (bicyclic) bond motifs is 1. The average molecular weight is 455 g/mol. The van der Waals surface area contributed by atoms with E-state index in [9.17, 15) is 0 Å². The third-order valence-corrected chi connectivity index (χ3v) is 5.07. The summed E-state index contributed by atoms with van der Waals surface area (Å²) in [6.45, 7) is 3.80. The number of nitrogens with zero attached hydrogens (tertiary/aromatic N) is 3. The fourth-order valence-electron chi connectivity index (χ4n) is 3.40. The number of benzene rings is 2. The zero-order chi connectivity index (χ0) is 23.6. The number of hydrogen-bond donors (Lipinski definition) is 2. The first-order chi connectivity index (χ1) is 16.7. The molecule has 1 fully saturated rings. The summed E-state index contributed by atoms with van der Waals surface area (Å²) in [6, 6.07) is 15.2.